The second-order valence-electron chi connectivity index (χ2n) is 5.53. The Bertz CT molecular complexity index is 417. The summed E-state index contributed by atoms with van der Waals surface area (Å²) in [5, 5.41) is 0. The van der Waals surface area contributed by atoms with E-state index in [2.05, 4.69) is 25.1 Å². The van der Waals surface area contributed by atoms with Gasteiger partial charge in [0, 0.05) is 11.5 Å². The highest BCUT2D eigenvalue weighted by atomic mass is 16.5. The van der Waals surface area contributed by atoms with Crippen LogP contribution in [-0.2, 0) is 0 Å². The molecule has 92 valence electrons. The summed E-state index contributed by atoms with van der Waals surface area (Å²) in [7, 11) is 0. The average molecular weight is 231 g/mol. The topological polar surface area (TPSA) is 35.2 Å². The van der Waals surface area contributed by atoms with Crippen LogP contribution in [0.25, 0.3) is 0 Å². The van der Waals surface area contributed by atoms with E-state index in [4.69, 9.17) is 10.5 Å². The van der Waals surface area contributed by atoms with Gasteiger partial charge in [-0.1, -0.05) is 31.5 Å². The van der Waals surface area contributed by atoms with E-state index in [9.17, 15) is 0 Å². The molecule has 2 nitrogen and oxygen atoms in total. The fourth-order valence-corrected chi connectivity index (χ4v) is 3.41. The Labute approximate surface area is 103 Å². The van der Waals surface area contributed by atoms with Crippen molar-refractivity contribution in [2.75, 3.05) is 6.61 Å². The molecule has 3 rings (SSSR count). The summed E-state index contributed by atoms with van der Waals surface area (Å²) in [5.41, 5.74) is 8.00. The van der Waals surface area contributed by atoms with Crippen LogP contribution in [0.3, 0.4) is 0 Å². The maximum Gasteiger partial charge on any atom is 0.122 e. The molecule has 1 aliphatic carbocycles. The first-order chi connectivity index (χ1) is 8.25. The molecule has 0 bridgehead atoms. The highest BCUT2D eigenvalue weighted by molar-refractivity contribution is 5.42. The van der Waals surface area contributed by atoms with Crippen molar-refractivity contribution in [2.24, 2.45) is 11.7 Å². The monoisotopic (exact) mass is 231 g/mol. The van der Waals surface area contributed by atoms with E-state index < -0.39 is 0 Å². The Morgan fingerprint density at radius 1 is 1.41 bits per heavy atom. The number of rotatable bonds is 3. The van der Waals surface area contributed by atoms with Crippen molar-refractivity contribution in [3.8, 4) is 5.75 Å². The molecule has 0 amide bonds. The van der Waals surface area contributed by atoms with Gasteiger partial charge in [0.15, 0.2) is 0 Å². The Morgan fingerprint density at radius 3 is 3.06 bits per heavy atom. The molecule has 17 heavy (non-hydrogen) atoms. The lowest BCUT2D eigenvalue weighted by Gasteiger charge is -2.31. The van der Waals surface area contributed by atoms with Crippen LogP contribution in [0.15, 0.2) is 24.3 Å². The smallest absolute Gasteiger partial charge is 0.122 e. The Balaban J connectivity index is 1.87. The molecular weight excluding hydrogens is 210 g/mol. The van der Waals surface area contributed by atoms with Crippen LogP contribution in [0.4, 0.5) is 0 Å². The summed E-state index contributed by atoms with van der Waals surface area (Å²) >= 11 is 0. The molecule has 1 heterocycles. The van der Waals surface area contributed by atoms with Crippen LogP contribution in [0, 0.1) is 5.92 Å². The van der Waals surface area contributed by atoms with E-state index in [1.807, 2.05) is 6.07 Å². The zero-order valence-corrected chi connectivity index (χ0v) is 10.5. The third-order valence-corrected chi connectivity index (χ3v) is 4.44. The highest BCUT2D eigenvalue weighted by Gasteiger charge is 2.56. The molecular formula is C15H21NO. The third kappa shape index (κ3) is 1.75. The molecule has 1 aromatic rings. The van der Waals surface area contributed by atoms with Crippen LogP contribution in [0.1, 0.15) is 44.1 Å². The molecule has 1 aliphatic heterocycles. The SMILES string of the molecule is CCCC1CC1(N)C1CCOc2ccccc21. The number of benzene rings is 1. The van der Waals surface area contributed by atoms with E-state index in [1.54, 1.807) is 0 Å². The molecule has 0 saturated heterocycles. The normalized spacial score (nSPS) is 34.9. The minimum atomic E-state index is 0.0515. The Hall–Kier alpha value is -1.02. The minimum absolute atomic E-state index is 0.0515. The molecule has 0 aromatic heterocycles. The van der Waals surface area contributed by atoms with Crippen LogP contribution in [0.5, 0.6) is 5.75 Å². The van der Waals surface area contributed by atoms with Crippen LogP contribution in [0.2, 0.25) is 0 Å². The summed E-state index contributed by atoms with van der Waals surface area (Å²) in [6, 6.07) is 8.40. The molecule has 1 saturated carbocycles. The molecule has 1 fully saturated rings. The van der Waals surface area contributed by atoms with Crippen molar-refractivity contribution in [1.82, 2.24) is 0 Å². The van der Waals surface area contributed by atoms with Gasteiger partial charge in [-0.3, -0.25) is 0 Å². The fourth-order valence-electron chi connectivity index (χ4n) is 3.41. The van der Waals surface area contributed by atoms with Gasteiger partial charge >= 0.3 is 0 Å². The first-order valence-electron chi connectivity index (χ1n) is 6.76. The zero-order chi connectivity index (χ0) is 11.9. The summed E-state index contributed by atoms with van der Waals surface area (Å²) in [4.78, 5) is 0. The van der Waals surface area contributed by atoms with Crippen LogP contribution < -0.4 is 10.5 Å². The molecule has 2 N–H and O–H groups in total. The molecule has 0 spiro atoms. The standard InChI is InChI=1S/C15H21NO/c1-2-5-11-10-15(11,16)13-8-9-17-14-7-4-3-6-12(13)14/h3-4,6-7,11,13H,2,5,8-10,16H2,1H3. The van der Waals surface area contributed by atoms with Gasteiger partial charge in [-0.15, -0.1) is 0 Å². The van der Waals surface area contributed by atoms with E-state index in [0.717, 1.165) is 24.7 Å². The Kier molecular flexibility index (Phi) is 2.62. The largest absolute Gasteiger partial charge is 0.493 e. The number of para-hydroxylation sites is 1. The molecule has 2 heteroatoms. The van der Waals surface area contributed by atoms with Gasteiger partial charge in [-0.2, -0.15) is 0 Å². The lowest BCUT2D eigenvalue weighted by Crippen LogP contribution is -2.36. The summed E-state index contributed by atoms with van der Waals surface area (Å²) in [5.74, 6) is 2.28. The van der Waals surface area contributed by atoms with Crippen LogP contribution >= 0.6 is 0 Å². The first-order valence-corrected chi connectivity index (χ1v) is 6.76. The van der Waals surface area contributed by atoms with E-state index in [0.29, 0.717) is 5.92 Å². The lowest BCUT2D eigenvalue weighted by atomic mass is 9.83. The summed E-state index contributed by atoms with van der Waals surface area (Å²) < 4.78 is 5.72. The quantitative estimate of drug-likeness (QED) is 0.867. The van der Waals surface area contributed by atoms with Gasteiger partial charge in [0.1, 0.15) is 5.75 Å². The zero-order valence-electron chi connectivity index (χ0n) is 10.5. The molecule has 0 radical (unpaired) electrons. The lowest BCUT2D eigenvalue weighted by molar-refractivity contribution is 0.246. The second-order valence-corrected chi connectivity index (χ2v) is 5.53. The van der Waals surface area contributed by atoms with Crippen molar-refractivity contribution >= 4 is 0 Å². The van der Waals surface area contributed by atoms with Crippen LogP contribution in [-0.4, -0.2) is 12.1 Å². The van der Waals surface area contributed by atoms with Crippen molar-refractivity contribution < 1.29 is 4.74 Å². The van der Waals surface area contributed by atoms with E-state index in [1.165, 1.54) is 24.8 Å². The van der Waals surface area contributed by atoms with E-state index >= 15 is 0 Å². The molecule has 1 aromatic carbocycles. The maximum atomic E-state index is 6.61. The fraction of sp³-hybridized carbons (Fsp3) is 0.600. The maximum absolute atomic E-state index is 6.61. The summed E-state index contributed by atoms with van der Waals surface area (Å²) in [6.45, 7) is 3.07. The summed E-state index contributed by atoms with van der Waals surface area (Å²) in [6.07, 6.45) is 4.79. The predicted octanol–water partition coefficient (Wildman–Crippen LogP) is 3.07. The number of hydrogen-bond donors (Lipinski definition) is 1. The molecule has 2 aliphatic rings. The van der Waals surface area contributed by atoms with Gasteiger partial charge in [-0.25, -0.2) is 0 Å². The van der Waals surface area contributed by atoms with Crippen molar-refractivity contribution in [2.45, 2.75) is 44.1 Å². The van der Waals surface area contributed by atoms with E-state index in [-0.39, 0.29) is 5.54 Å². The number of fused-ring (bicyclic) bond motifs is 1. The predicted molar refractivity (Wildman–Crippen MR) is 69.2 cm³/mol. The van der Waals surface area contributed by atoms with Gasteiger partial charge in [-0.05, 0) is 36.8 Å². The van der Waals surface area contributed by atoms with Crippen molar-refractivity contribution in [3.05, 3.63) is 29.8 Å². The number of ether oxygens (including phenoxy) is 1. The highest BCUT2D eigenvalue weighted by Crippen LogP contribution is 2.56. The van der Waals surface area contributed by atoms with Crippen molar-refractivity contribution in [1.29, 1.82) is 0 Å². The Morgan fingerprint density at radius 2 is 2.24 bits per heavy atom. The van der Waals surface area contributed by atoms with Gasteiger partial charge < -0.3 is 10.5 Å². The average Bonchev–Trinajstić information content (AvgIpc) is 3.01. The first kappa shape index (κ1) is 11.1. The van der Waals surface area contributed by atoms with Crippen molar-refractivity contribution in [3.63, 3.8) is 0 Å². The van der Waals surface area contributed by atoms with Gasteiger partial charge in [0.25, 0.3) is 0 Å². The van der Waals surface area contributed by atoms with Gasteiger partial charge in [0.2, 0.25) is 0 Å². The number of hydrogen-bond acceptors (Lipinski definition) is 2. The molecule has 3 atom stereocenters. The van der Waals surface area contributed by atoms with Gasteiger partial charge in [0.05, 0.1) is 6.61 Å². The molecule has 3 unspecified atom stereocenters. The third-order valence-electron chi connectivity index (χ3n) is 4.44. The minimum Gasteiger partial charge on any atom is -0.493 e. The number of nitrogens with two attached hydrogens (primary N) is 1. The second kappa shape index (κ2) is 4.02.